The molecule has 0 fully saturated rings. The van der Waals surface area contributed by atoms with E-state index in [0.29, 0.717) is 17.5 Å². The lowest BCUT2D eigenvalue weighted by molar-refractivity contribution is -0.105. The normalized spacial score (nSPS) is 10.2. The van der Waals surface area contributed by atoms with Gasteiger partial charge < -0.3 is 5.32 Å². The number of hydrogen-bond acceptors (Lipinski definition) is 3. The summed E-state index contributed by atoms with van der Waals surface area (Å²) in [5.74, 6) is 0. The van der Waals surface area contributed by atoms with Gasteiger partial charge in [0.2, 0.25) is 6.41 Å². The van der Waals surface area contributed by atoms with Crippen LogP contribution in [0.25, 0.3) is 10.1 Å². The molecular weight excluding hydrogens is 188 g/mol. The number of carbonyl (C=O) groups is 1. The van der Waals surface area contributed by atoms with Crippen LogP contribution in [0.5, 0.6) is 0 Å². The standard InChI is InChI=1S/C8H6N2O2S/c11-4-9-5-1-2-6-7(3-5)13-10-8(6)12/h1-4H,(H,9,11)(H,10,12). The van der Waals surface area contributed by atoms with Gasteiger partial charge in [-0.2, -0.15) is 0 Å². The molecular formula is C8H6N2O2S. The molecule has 1 amide bonds. The Balaban J connectivity index is 2.62. The molecule has 1 heterocycles. The van der Waals surface area contributed by atoms with E-state index >= 15 is 0 Å². The van der Waals surface area contributed by atoms with E-state index in [-0.39, 0.29) is 5.56 Å². The number of anilines is 1. The largest absolute Gasteiger partial charge is 0.329 e. The van der Waals surface area contributed by atoms with Gasteiger partial charge in [-0.05, 0) is 18.2 Å². The molecule has 0 spiro atoms. The van der Waals surface area contributed by atoms with Crippen LogP contribution in [0.2, 0.25) is 0 Å². The van der Waals surface area contributed by atoms with Gasteiger partial charge in [-0.1, -0.05) is 11.5 Å². The van der Waals surface area contributed by atoms with Crippen LogP contribution in [0.15, 0.2) is 23.0 Å². The Morgan fingerprint density at radius 3 is 3.08 bits per heavy atom. The van der Waals surface area contributed by atoms with Crippen LogP contribution < -0.4 is 10.9 Å². The molecule has 0 bridgehead atoms. The van der Waals surface area contributed by atoms with Gasteiger partial charge in [-0.15, -0.1) is 0 Å². The molecule has 13 heavy (non-hydrogen) atoms. The number of aromatic amines is 1. The first-order chi connectivity index (χ1) is 6.31. The Morgan fingerprint density at radius 1 is 1.46 bits per heavy atom. The van der Waals surface area contributed by atoms with Crippen molar-refractivity contribution < 1.29 is 4.79 Å². The molecule has 0 aliphatic carbocycles. The summed E-state index contributed by atoms with van der Waals surface area (Å²) in [7, 11) is 0. The molecule has 66 valence electrons. The van der Waals surface area contributed by atoms with Crippen molar-refractivity contribution >= 4 is 33.7 Å². The molecule has 2 N–H and O–H groups in total. The summed E-state index contributed by atoms with van der Waals surface area (Å²) in [5.41, 5.74) is 0.607. The minimum absolute atomic E-state index is 0.0855. The summed E-state index contributed by atoms with van der Waals surface area (Å²) in [6.07, 6.45) is 0.608. The van der Waals surface area contributed by atoms with Crippen LogP contribution in [0.3, 0.4) is 0 Å². The second-order valence-corrected chi connectivity index (χ2v) is 3.35. The predicted molar refractivity (Wildman–Crippen MR) is 52.1 cm³/mol. The molecule has 0 aliphatic rings. The summed E-state index contributed by atoms with van der Waals surface area (Å²) in [6.45, 7) is 0. The highest BCUT2D eigenvalue weighted by Crippen LogP contribution is 2.18. The van der Waals surface area contributed by atoms with Crippen molar-refractivity contribution in [1.82, 2.24) is 4.37 Å². The highest BCUT2D eigenvalue weighted by atomic mass is 32.1. The number of aromatic nitrogens is 1. The Morgan fingerprint density at radius 2 is 2.31 bits per heavy atom. The van der Waals surface area contributed by atoms with Gasteiger partial charge in [0.15, 0.2) is 0 Å². The quantitative estimate of drug-likeness (QED) is 0.704. The summed E-state index contributed by atoms with van der Waals surface area (Å²) in [6, 6.07) is 5.14. The molecule has 5 heteroatoms. The lowest BCUT2D eigenvalue weighted by atomic mass is 10.2. The van der Waals surface area contributed by atoms with Crippen molar-refractivity contribution in [3.8, 4) is 0 Å². The molecule has 1 aromatic carbocycles. The molecule has 2 aromatic rings. The highest BCUT2D eigenvalue weighted by Gasteiger charge is 2.00. The number of hydrogen-bond donors (Lipinski definition) is 2. The van der Waals surface area contributed by atoms with Crippen LogP contribution in [0, 0.1) is 0 Å². The maximum absolute atomic E-state index is 11.1. The maximum Gasteiger partial charge on any atom is 0.265 e. The molecule has 4 nitrogen and oxygen atoms in total. The average molecular weight is 194 g/mol. The molecule has 1 aromatic heterocycles. The van der Waals surface area contributed by atoms with Crippen molar-refractivity contribution in [1.29, 1.82) is 0 Å². The zero-order valence-corrected chi connectivity index (χ0v) is 7.35. The number of benzene rings is 1. The number of H-pyrrole nitrogens is 1. The Labute approximate surface area is 77.4 Å². The van der Waals surface area contributed by atoms with Crippen molar-refractivity contribution in [2.75, 3.05) is 5.32 Å². The van der Waals surface area contributed by atoms with E-state index in [9.17, 15) is 9.59 Å². The minimum Gasteiger partial charge on any atom is -0.329 e. The third kappa shape index (κ3) is 1.33. The molecule has 0 atom stereocenters. The van der Waals surface area contributed by atoms with Crippen molar-refractivity contribution in [2.24, 2.45) is 0 Å². The van der Waals surface area contributed by atoms with E-state index in [1.807, 2.05) is 0 Å². The fraction of sp³-hybridized carbons (Fsp3) is 0. The summed E-state index contributed by atoms with van der Waals surface area (Å²) >= 11 is 1.26. The van der Waals surface area contributed by atoms with E-state index in [2.05, 4.69) is 9.69 Å². The van der Waals surface area contributed by atoms with Gasteiger partial charge in [-0.3, -0.25) is 14.0 Å². The Kier molecular flexibility index (Phi) is 1.86. The molecule has 0 saturated heterocycles. The third-order valence-electron chi connectivity index (χ3n) is 1.71. The lowest BCUT2D eigenvalue weighted by Gasteiger charge is -1.95. The van der Waals surface area contributed by atoms with Gasteiger partial charge in [0, 0.05) is 5.69 Å². The fourth-order valence-electron chi connectivity index (χ4n) is 1.11. The number of nitrogens with one attached hydrogen (secondary N) is 2. The zero-order chi connectivity index (χ0) is 9.26. The molecule has 0 unspecified atom stereocenters. The topological polar surface area (TPSA) is 62.0 Å². The van der Waals surface area contributed by atoms with Gasteiger partial charge in [0.1, 0.15) is 0 Å². The molecule has 0 saturated carbocycles. The first kappa shape index (κ1) is 8.00. The summed E-state index contributed by atoms with van der Waals surface area (Å²) < 4.78 is 3.46. The molecule has 2 rings (SSSR count). The SMILES string of the molecule is O=CNc1ccc2c(=O)[nH]sc2c1. The molecule has 0 radical (unpaired) electrons. The number of fused-ring (bicyclic) bond motifs is 1. The van der Waals surface area contributed by atoms with Crippen LogP contribution in [-0.4, -0.2) is 10.8 Å². The van der Waals surface area contributed by atoms with Gasteiger partial charge >= 0.3 is 0 Å². The Hall–Kier alpha value is -1.62. The number of amides is 1. The van der Waals surface area contributed by atoms with Crippen molar-refractivity contribution in [2.45, 2.75) is 0 Å². The fourth-order valence-corrected chi connectivity index (χ4v) is 1.88. The lowest BCUT2D eigenvalue weighted by Crippen LogP contribution is -1.97. The zero-order valence-electron chi connectivity index (χ0n) is 6.53. The number of rotatable bonds is 2. The van der Waals surface area contributed by atoms with Crippen molar-refractivity contribution in [3.05, 3.63) is 28.6 Å². The van der Waals surface area contributed by atoms with E-state index in [0.717, 1.165) is 4.70 Å². The van der Waals surface area contributed by atoms with Crippen LogP contribution in [-0.2, 0) is 4.79 Å². The van der Waals surface area contributed by atoms with Crippen molar-refractivity contribution in [3.63, 3.8) is 0 Å². The van der Waals surface area contributed by atoms with Crippen LogP contribution in [0.4, 0.5) is 5.69 Å². The van der Waals surface area contributed by atoms with E-state index in [4.69, 9.17) is 0 Å². The monoisotopic (exact) mass is 194 g/mol. The second kappa shape index (κ2) is 3.02. The summed E-state index contributed by atoms with van der Waals surface area (Å²) in [5, 5.41) is 3.17. The van der Waals surface area contributed by atoms with Gasteiger partial charge in [0.05, 0.1) is 10.1 Å². The van der Waals surface area contributed by atoms with E-state index in [1.165, 1.54) is 11.5 Å². The minimum atomic E-state index is -0.0855. The van der Waals surface area contributed by atoms with Gasteiger partial charge in [0.25, 0.3) is 5.56 Å². The molecule has 0 aliphatic heterocycles. The first-order valence-corrected chi connectivity index (χ1v) is 4.44. The Bertz CT molecular complexity index is 500. The number of carbonyl (C=O) groups excluding carboxylic acids is 1. The van der Waals surface area contributed by atoms with Gasteiger partial charge in [-0.25, -0.2) is 0 Å². The smallest absolute Gasteiger partial charge is 0.265 e. The van der Waals surface area contributed by atoms with Crippen LogP contribution >= 0.6 is 11.5 Å². The van der Waals surface area contributed by atoms with E-state index < -0.39 is 0 Å². The second-order valence-electron chi connectivity index (χ2n) is 2.51. The summed E-state index contributed by atoms with van der Waals surface area (Å²) in [4.78, 5) is 21.3. The average Bonchev–Trinajstić information content (AvgIpc) is 2.48. The highest BCUT2D eigenvalue weighted by molar-refractivity contribution is 7.13. The maximum atomic E-state index is 11.1. The predicted octanol–water partition coefficient (Wildman–Crippen LogP) is 1.16. The third-order valence-corrected chi connectivity index (χ3v) is 2.55. The van der Waals surface area contributed by atoms with E-state index in [1.54, 1.807) is 18.2 Å². The first-order valence-electron chi connectivity index (χ1n) is 3.62. The van der Waals surface area contributed by atoms with Crippen LogP contribution in [0.1, 0.15) is 0 Å².